The number of hydrogen-bond acceptors (Lipinski definition) is 3. The predicted octanol–water partition coefficient (Wildman–Crippen LogP) is 2.51. The fraction of sp³-hybridized carbons (Fsp3) is 0.800. The highest BCUT2D eigenvalue weighted by Crippen LogP contribution is 2.24. The van der Waals surface area contributed by atoms with E-state index >= 15 is 0 Å². The van der Waals surface area contributed by atoms with E-state index in [0.717, 1.165) is 5.71 Å². The Balaban J connectivity index is 2.39. The van der Waals surface area contributed by atoms with Gasteiger partial charge < -0.3 is 4.84 Å². The molecular formula is C10H17NO2. The summed E-state index contributed by atoms with van der Waals surface area (Å²) < 4.78 is 0. The van der Waals surface area contributed by atoms with Gasteiger partial charge in [-0.3, -0.25) is 0 Å². The molecule has 1 aliphatic carbocycles. The lowest BCUT2D eigenvalue weighted by Crippen LogP contribution is -2.15. The summed E-state index contributed by atoms with van der Waals surface area (Å²) >= 11 is 0. The first-order valence-electron chi connectivity index (χ1n) is 4.92. The van der Waals surface area contributed by atoms with Crippen LogP contribution in [0.5, 0.6) is 0 Å². The van der Waals surface area contributed by atoms with Crippen LogP contribution >= 0.6 is 0 Å². The molecule has 1 rings (SSSR count). The van der Waals surface area contributed by atoms with Crippen molar-refractivity contribution < 1.29 is 9.63 Å². The summed E-state index contributed by atoms with van der Waals surface area (Å²) in [6, 6.07) is 0. The minimum Gasteiger partial charge on any atom is -0.319 e. The number of oxime groups is 1. The van der Waals surface area contributed by atoms with Gasteiger partial charge in [0.1, 0.15) is 0 Å². The monoisotopic (exact) mass is 183 g/mol. The molecule has 0 bridgehead atoms. The second kappa shape index (κ2) is 5.00. The predicted molar refractivity (Wildman–Crippen MR) is 51.5 cm³/mol. The van der Waals surface area contributed by atoms with Gasteiger partial charge in [-0.1, -0.05) is 24.4 Å². The van der Waals surface area contributed by atoms with Crippen LogP contribution < -0.4 is 0 Å². The van der Waals surface area contributed by atoms with Crippen molar-refractivity contribution in [3.63, 3.8) is 0 Å². The Hall–Kier alpha value is -0.860. The second-order valence-electron chi connectivity index (χ2n) is 3.65. The van der Waals surface area contributed by atoms with Gasteiger partial charge >= 0.3 is 5.97 Å². The molecule has 1 saturated carbocycles. The number of carbonyl (C=O) groups is 1. The number of nitrogens with zero attached hydrogens (tertiary/aromatic N) is 1. The standard InChI is InChI=1S/C10H17NO2/c1-8(11-13-9(2)12)10-6-4-3-5-7-10/h10H,3-7H2,1-2H3/b11-8-. The van der Waals surface area contributed by atoms with Crippen LogP contribution in [0.25, 0.3) is 0 Å². The van der Waals surface area contributed by atoms with E-state index in [4.69, 9.17) is 0 Å². The van der Waals surface area contributed by atoms with Gasteiger partial charge in [0.15, 0.2) is 0 Å². The van der Waals surface area contributed by atoms with Crippen LogP contribution in [0.15, 0.2) is 5.16 Å². The maximum absolute atomic E-state index is 10.5. The summed E-state index contributed by atoms with van der Waals surface area (Å²) in [5, 5.41) is 3.81. The van der Waals surface area contributed by atoms with E-state index < -0.39 is 0 Å². The van der Waals surface area contributed by atoms with Crippen molar-refractivity contribution in [1.29, 1.82) is 0 Å². The summed E-state index contributed by atoms with van der Waals surface area (Å²) in [5.41, 5.74) is 0.968. The molecule has 74 valence electrons. The zero-order valence-corrected chi connectivity index (χ0v) is 8.38. The SMILES string of the molecule is CC(=O)O/N=C(/C)C1CCCCC1. The highest BCUT2D eigenvalue weighted by molar-refractivity contribution is 5.84. The summed E-state index contributed by atoms with van der Waals surface area (Å²) in [6.07, 6.45) is 6.26. The molecule has 1 aliphatic rings. The molecular weight excluding hydrogens is 166 g/mol. The van der Waals surface area contributed by atoms with Gasteiger partial charge in [0.05, 0.1) is 5.71 Å². The van der Waals surface area contributed by atoms with Gasteiger partial charge in [-0.2, -0.15) is 0 Å². The Kier molecular flexibility index (Phi) is 3.93. The van der Waals surface area contributed by atoms with Crippen LogP contribution in [0.1, 0.15) is 46.0 Å². The van der Waals surface area contributed by atoms with E-state index in [9.17, 15) is 4.79 Å². The Morgan fingerprint density at radius 1 is 1.23 bits per heavy atom. The van der Waals surface area contributed by atoms with Crippen molar-refractivity contribution in [2.24, 2.45) is 11.1 Å². The third-order valence-electron chi connectivity index (χ3n) is 2.51. The van der Waals surface area contributed by atoms with Gasteiger partial charge in [0, 0.05) is 12.8 Å². The number of rotatable bonds is 2. The second-order valence-corrected chi connectivity index (χ2v) is 3.65. The Morgan fingerprint density at radius 3 is 2.38 bits per heavy atom. The highest BCUT2D eigenvalue weighted by Gasteiger charge is 2.16. The zero-order valence-electron chi connectivity index (χ0n) is 8.38. The topological polar surface area (TPSA) is 38.7 Å². The van der Waals surface area contributed by atoms with E-state index in [-0.39, 0.29) is 5.97 Å². The molecule has 0 aromatic heterocycles. The minimum absolute atomic E-state index is 0.338. The lowest BCUT2D eigenvalue weighted by Gasteiger charge is -2.20. The summed E-state index contributed by atoms with van der Waals surface area (Å²) in [4.78, 5) is 15.1. The highest BCUT2D eigenvalue weighted by atomic mass is 16.7. The number of carbonyl (C=O) groups excluding carboxylic acids is 1. The minimum atomic E-state index is -0.338. The fourth-order valence-electron chi connectivity index (χ4n) is 1.73. The van der Waals surface area contributed by atoms with Crippen molar-refractivity contribution in [2.45, 2.75) is 46.0 Å². The van der Waals surface area contributed by atoms with Gasteiger partial charge in [0.25, 0.3) is 0 Å². The molecule has 13 heavy (non-hydrogen) atoms. The molecule has 0 N–H and O–H groups in total. The van der Waals surface area contributed by atoms with E-state index in [1.54, 1.807) is 0 Å². The maximum atomic E-state index is 10.5. The van der Waals surface area contributed by atoms with E-state index in [2.05, 4.69) is 9.99 Å². The molecule has 0 atom stereocenters. The molecule has 0 saturated heterocycles. The van der Waals surface area contributed by atoms with Crippen molar-refractivity contribution in [3.05, 3.63) is 0 Å². The lowest BCUT2D eigenvalue weighted by atomic mass is 9.86. The first-order chi connectivity index (χ1) is 6.20. The van der Waals surface area contributed by atoms with Crippen molar-refractivity contribution in [3.8, 4) is 0 Å². The summed E-state index contributed by atoms with van der Waals surface area (Å²) in [6.45, 7) is 3.32. The third-order valence-corrected chi connectivity index (χ3v) is 2.51. The van der Waals surface area contributed by atoms with Crippen LogP contribution in [-0.2, 0) is 9.63 Å². The molecule has 0 aromatic rings. The molecule has 0 aromatic carbocycles. The average molecular weight is 183 g/mol. The molecule has 1 fully saturated rings. The van der Waals surface area contributed by atoms with Crippen LogP contribution in [0.4, 0.5) is 0 Å². The number of hydrogen-bond donors (Lipinski definition) is 0. The van der Waals surface area contributed by atoms with E-state index in [1.807, 2.05) is 6.92 Å². The lowest BCUT2D eigenvalue weighted by molar-refractivity contribution is -0.141. The van der Waals surface area contributed by atoms with Crippen LogP contribution in [0.3, 0.4) is 0 Å². The molecule has 0 aliphatic heterocycles. The first-order valence-corrected chi connectivity index (χ1v) is 4.92. The van der Waals surface area contributed by atoms with Crippen LogP contribution in [-0.4, -0.2) is 11.7 Å². The quantitative estimate of drug-likeness (QED) is 0.375. The molecule has 0 radical (unpaired) electrons. The van der Waals surface area contributed by atoms with Gasteiger partial charge in [-0.25, -0.2) is 4.79 Å². The van der Waals surface area contributed by atoms with E-state index in [1.165, 1.54) is 39.0 Å². The maximum Gasteiger partial charge on any atom is 0.331 e. The van der Waals surface area contributed by atoms with Crippen LogP contribution in [0, 0.1) is 5.92 Å². The zero-order chi connectivity index (χ0) is 9.68. The smallest absolute Gasteiger partial charge is 0.319 e. The average Bonchev–Trinajstić information content (AvgIpc) is 2.15. The fourth-order valence-corrected chi connectivity index (χ4v) is 1.73. The van der Waals surface area contributed by atoms with E-state index in [0.29, 0.717) is 5.92 Å². The largest absolute Gasteiger partial charge is 0.331 e. The van der Waals surface area contributed by atoms with Crippen molar-refractivity contribution in [2.75, 3.05) is 0 Å². The molecule has 0 heterocycles. The third kappa shape index (κ3) is 3.57. The molecule has 0 amide bonds. The molecule has 3 heteroatoms. The van der Waals surface area contributed by atoms with Crippen molar-refractivity contribution in [1.82, 2.24) is 0 Å². The normalized spacial score (nSPS) is 20.0. The van der Waals surface area contributed by atoms with Crippen molar-refractivity contribution >= 4 is 11.7 Å². The van der Waals surface area contributed by atoms with Gasteiger partial charge in [-0.05, 0) is 19.8 Å². The first kappa shape index (κ1) is 10.2. The summed E-state index contributed by atoms with van der Waals surface area (Å²) in [5.74, 6) is 0.197. The summed E-state index contributed by atoms with van der Waals surface area (Å²) in [7, 11) is 0. The molecule has 0 unspecified atom stereocenters. The van der Waals surface area contributed by atoms with Gasteiger partial charge in [-0.15, -0.1) is 0 Å². The molecule has 0 spiro atoms. The van der Waals surface area contributed by atoms with Crippen LogP contribution in [0.2, 0.25) is 0 Å². The Labute approximate surface area is 79.1 Å². The molecule has 3 nitrogen and oxygen atoms in total. The Morgan fingerprint density at radius 2 is 1.85 bits per heavy atom. The Bertz CT molecular complexity index is 205. The van der Waals surface area contributed by atoms with Gasteiger partial charge in [0.2, 0.25) is 0 Å².